The number of rotatable bonds is 2. The minimum Gasteiger partial charge on any atom is -0.316 e. The molecule has 9 rings (SSSR count). The average molecular weight is 509 g/mol. The summed E-state index contributed by atoms with van der Waals surface area (Å²) in [5, 5.41) is 11.6. The van der Waals surface area contributed by atoms with E-state index in [0.29, 0.717) is 0 Å². The third-order valence-corrected chi connectivity index (χ3v) is 8.50. The van der Waals surface area contributed by atoms with Crippen molar-refractivity contribution >= 4 is 65.0 Å². The maximum absolute atomic E-state index is 2.44. The van der Waals surface area contributed by atoms with E-state index < -0.39 is 0 Å². The van der Waals surface area contributed by atoms with E-state index in [1.54, 1.807) is 0 Å². The molecule has 0 aliphatic carbocycles. The monoisotopic (exact) mass is 508 g/mol. The first-order valence-electron chi connectivity index (χ1n) is 13.8. The van der Waals surface area contributed by atoms with Gasteiger partial charge in [0.25, 0.3) is 0 Å². The molecular formula is C38H24N2. The summed E-state index contributed by atoms with van der Waals surface area (Å²) in [5.74, 6) is 0. The summed E-state index contributed by atoms with van der Waals surface area (Å²) in [6.45, 7) is 0. The van der Waals surface area contributed by atoms with Crippen molar-refractivity contribution in [3.63, 3.8) is 0 Å². The average Bonchev–Trinajstić information content (AvgIpc) is 3.59. The lowest BCUT2D eigenvalue weighted by atomic mass is 9.94. The van der Waals surface area contributed by atoms with Crippen LogP contribution >= 0.6 is 0 Å². The number of nitrogens with zero attached hydrogens (tertiary/aromatic N) is 2. The smallest absolute Gasteiger partial charge is 0.0562 e. The Labute approximate surface area is 230 Å². The molecule has 2 nitrogen and oxygen atoms in total. The molecular weight excluding hydrogens is 484 g/mol. The number of hydrogen-bond acceptors (Lipinski definition) is 0. The summed E-state index contributed by atoms with van der Waals surface area (Å²) >= 11 is 0. The molecule has 0 atom stereocenters. The Morgan fingerprint density at radius 2 is 0.925 bits per heavy atom. The molecule has 0 unspecified atom stereocenters. The van der Waals surface area contributed by atoms with Gasteiger partial charge in [-0.05, 0) is 80.8 Å². The number of para-hydroxylation sites is 2. The van der Waals surface area contributed by atoms with Gasteiger partial charge in [-0.1, -0.05) is 91.0 Å². The van der Waals surface area contributed by atoms with Crippen LogP contribution in [0.4, 0.5) is 0 Å². The Balaban J connectivity index is 1.40. The molecule has 0 aliphatic rings. The van der Waals surface area contributed by atoms with Crippen molar-refractivity contribution in [2.45, 2.75) is 0 Å². The first-order valence-corrected chi connectivity index (χ1v) is 13.8. The first kappa shape index (κ1) is 21.6. The zero-order valence-corrected chi connectivity index (χ0v) is 21.8. The summed E-state index contributed by atoms with van der Waals surface area (Å²) in [4.78, 5) is 0. The Kier molecular flexibility index (Phi) is 4.36. The standard InChI is InChI=1S/C38H24N2/c1-2-10-26(11-3-1)39-21-20-25-22-35-33-16-8-9-17-36(33)40(38(35)24-37(25)39)27-18-19-32-30-14-5-4-12-28(30)29-13-6-7-15-31(29)34(32)23-27/h1-24H. The Morgan fingerprint density at radius 3 is 1.65 bits per heavy atom. The number of benzene rings is 7. The van der Waals surface area contributed by atoms with Crippen LogP contribution in [0.3, 0.4) is 0 Å². The predicted octanol–water partition coefficient (Wildman–Crippen LogP) is 10.2. The molecule has 0 spiro atoms. The molecule has 7 aromatic carbocycles. The third-order valence-electron chi connectivity index (χ3n) is 8.50. The Bertz CT molecular complexity index is 2390. The van der Waals surface area contributed by atoms with Gasteiger partial charge in [-0.25, -0.2) is 0 Å². The normalized spacial score (nSPS) is 12.0. The highest BCUT2D eigenvalue weighted by Crippen LogP contribution is 2.39. The highest BCUT2D eigenvalue weighted by atomic mass is 15.0. The van der Waals surface area contributed by atoms with Crippen molar-refractivity contribution in [3.8, 4) is 11.4 Å². The summed E-state index contributed by atoms with van der Waals surface area (Å²) in [6.07, 6.45) is 2.18. The van der Waals surface area contributed by atoms with Crippen LogP contribution in [0, 0.1) is 0 Å². The van der Waals surface area contributed by atoms with E-state index in [9.17, 15) is 0 Å². The van der Waals surface area contributed by atoms with Crippen LogP contribution in [0.2, 0.25) is 0 Å². The molecule has 40 heavy (non-hydrogen) atoms. The molecule has 0 N–H and O–H groups in total. The summed E-state index contributed by atoms with van der Waals surface area (Å²) in [5.41, 5.74) is 6.00. The second-order valence-corrected chi connectivity index (χ2v) is 10.6. The van der Waals surface area contributed by atoms with Crippen molar-refractivity contribution in [2.24, 2.45) is 0 Å². The van der Waals surface area contributed by atoms with Crippen LogP contribution in [-0.4, -0.2) is 9.13 Å². The Morgan fingerprint density at radius 1 is 0.325 bits per heavy atom. The van der Waals surface area contributed by atoms with Gasteiger partial charge < -0.3 is 9.13 Å². The van der Waals surface area contributed by atoms with Crippen LogP contribution in [0.25, 0.3) is 76.4 Å². The molecule has 0 radical (unpaired) electrons. The minimum atomic E-state index is 1.17. The highest BCUT2D eigenvalue weighted by molar-refractivity contribution is 6.25. The summed E-state index contributed by atoms with van der Waals surface area (Å²) in [7, 11) is 0. The zero-order valence-electron chi connectivity index (χ0n) is 21.8. The molecule has 2 heteroatoms. The molecule has 9 aromatic rings. The molecule has 186 valence electrons. The van der Waals surface area contributed by atoms with Crippen molar-refractivity contribution in [2.75, 3.05) is 0 Å². The molecule has 0 aliphatic heterocycles. The van der Waals surface area contributed by atoms with Crippen molar-refractivity contribution in [3.05, 3.63) is 146 Å². The zero-order chi connectivity index (χ0) is 26.2. The fourth-order valence-corrected chi connectivity index (χ4v) is 6.72. The van der Waals surface area contributed by atoms with E-state index in [1.807, 2.05) is 0 Å². The van der Waals surface area contributed by atoms with E-state index in [-0.39, 0.29) is 0 Å². The molecule has 2 heterocycles. The van der Waals surface area contributed by atoms with Crippen LogP contribution in [0.15, 0.2) is 146 Å². The van der Waals surface area contributed by atoms with Crippen molar-refractivity contribution < 1.29 is 0 Å². The quantitative estimate of drug-likeness (QED) is 0.206. The summed E-state index contributed by atoms with van der Waals surface area (Å²) in [6, 6.07) is 50.9. The number of hydrogen-bond donors (Lipinski definition) is 0. The first-order chi connectivity index (χ1) is 19.8. The highest BCUT2D eigenvalue weighted by Gasteiger charge is 2.16. The van der Waals surface area contributed by atoms with Crippen LogP contribution < -0.4 is 0 Å². The predicted molar refractivity (Wildman–Crippen MR) is 170 cm³/mol. The topological polar surface area (TPSA) is 9.86 Å². The van der Waals surface area contributed by atoms with Crippen LogP contribution in [0.1, 0.15) is 0 Å². The lowest BCUT2D eigenvalue weighted by molar-refractivity contribution is 1.13. The van der Waals surface area contributed by atoms with Crippen molar-refractivity contribution in [1.29, 1.82) is 0 Å². The van der Waals surface area contributed by atoms with Gasteiger partial charge >= 0.3 is 0 Å². The maximum atomic E-state index is 2.44. The second-order valence-electron chi connectivity index (χ2n) is 10.6. The largest absolute Gasteiger partial charge is 0.316 e. The van der Waals surface area contributed by atoms with Gasteiger partial charge in [-0.15, -0.1) is 0 Å². The Hall–Kier alpha value is -5.34. The van der Waals surface area contributed by atoms with E-state index in [4.69, 9.17) is 0 Å². The fourth-order valence-electron chi connectivity index (χ4n) is 6.72. The lowest BCUT2D eigenvalue weighted by Gasteiger charge is -2.14. The van der Waals surface area contributed by atoms with Gasteiger partial charge in [-0.2, -0.15) is 0 Å². The van der Waals surface area contributed by atoms with Crippen LogP contribution in [0.5, 0.6) is 0 Å². The fraction of sp³-hybridized carbons (Fsp3) is 0. The van der Waals surface area contributed by atoms with Gasteiger partial charge in [0.2, 0.25) is 0 Å². The number of fused-ring (bicyclic) bond motifs is 10. The molecule has 0 bridgehead atoms. The maximum Gasteiger partial charge on any atom is 0.0562 e. The van der Waals surface area contributed by atoms with Crippen LogP contribution in [-0.2, 0) is 0 Å². The molecule has 0 saturated carbocycles. The SMILES string of the molecule is c1ccc(-n2ccc3cc4c5ccccc5n(-c5ccc6c7ccccc7c7ccccc7c6c5)c4cc32)cc1. The molecule has 0 saturated heterocycles. The minimum absolute atomic E-state index is 1.17. The van der Waals surface area contributed by atoms with Gasteiger partial charge in [0.1, 0.15) is 0 Å². The molecule has 0 fully saturated rings. The van der Waals surface area contributed by atoms with Gasteiger partial charge in [-0.3, -0.25) is 0 Å². The van der Waals surface area contributed by atoms with E-state index in [1.165, 1.54) is 76.4 Å². The van der Waals surface area contributed by atoms with Gasteiger partial charge in [0, 0.05) is 33.7 Å². The molecule has 2 aromatic heterocycles. The molecule has 0 amide bonds. The second kappa shape index (κ2) is 8.08. The number of aromatic nitrogens is 2. The third kappa shape index (κ3) is 2.93. The van der Waals surface area contributed by atoms with Crippen molar-refractivity contribution in [1.82, 2.24) is 9.13 Å². The van der Waals surface area contributed by atoms with E-state index >= 15 is 0 Å². The van der Waals surface area contributed by atoms with Gasteiger partial charge in [0.05, 0.1) is 16.6 Å². The summed E-state index contributed by atoms with van der Waals surface area (Å²) < 4.78 is 4.73. The van der Waals surface area contributed by atoms with E-state index in [2.05, 4.69) is 155 Å². The van der Waals surface area contributed by atoms with E-state index in [0.717, 1.165) is 0 Å². The van der Waals surface area contributed by atoms with Gasteiger partial charge in [0.15, 0.2) is 0 Å². The lowest BCUT2D eigenvalue weighted by Crippen LogP contribution is -1.95.